The van der Waals surface area contributed by atoms with E-state index in [9.17, 15) is 26.9 Å². The SMILES string of the molecule is O=C(OF)C(F)(F)C(F)=CF. The molecule has 0 rings (SSSR count). The Bertz CT molecular complexity index is 187. The smallest absolute Gasteiger partial charge is 0.247 e. The summed E-state index contributed by atoms with van der Waals surface area (Å²) in [6.07, 6.45) is -1.16. The topological polar surface area (TPSA) is 26.3 Å². The molecule has 0 unspecified atom stereocenters. The first-order chi connectivity index (χ1) is 4.96. The minimum absolute atomic E-state index is 1.16. The molecule has 64 valence electrons. The Hall–Kier alpha value is -1.14. The van der Waals surface area contributed by atoms with Gasteiger partial charge in [0.1, 0.15) is 6.33 Å². The summed E-state index contributed by atoms with van der Waals surface area (Å²) < 4.78 is 57.0. The van der Waals surface area contributed by atoms with Crippen LogP contribution in [0.4, 0.5) is 22.1 Å². The van der Waals surface area contributed by atoms with Gasteiger partial charge in [-0.15, -0.1) is 0 Å². The number of alkyl halides is 2. The quantitative estimate of drug-likeness (QED) is 0.600. The molecule has 2 nitrogen and oxygen atoms in total. The standard InChI is InChI=1S/C4HF5O2/c5-1-2(6)4(7,8)3(10)11-9/h1H. The summed E-state index contributed by atoms with van der Waals surface area (Å²) in [6.45, 7) is 0. The van der Waals surface area contributed by atoms with Gasteiger partial charge in [-0.2, -0.15) is 8.78 Å². The van der Waals surface area contributed by atoms with Crippen molar-refractivity contribution in [3.8, 4) is 0 Å². The van der Waals surface area contributed by atoms with Gasteiger partial charge in [0.05, 0.1) is 0 Å². The molecule has 0 aromatic rings. The van der Waals surface area contributed by atoms with Crippen molar-refractivity contribution in [3.63, 3.8) is 0 Å². The predicted molar refractivity (Wildman–Crippen MR) is 22.4 cm³/mol. The lowest BCUT2D eigenvalue weighted by Gasteiger charge is -2.06. The van der Waals surface area contributed by atoms with Gasteiger partial charge in [0.2, 0.25) is 5.83 Å². The van der Waals surface area contributed by atoms with E-state index in [2.05, 4.69) is 0 Å². The normalized spacial score (nSPS) is 13.0. The summed E-state index contributed by atoms with van der Waals surface area (Å²) in [4.78, 5) is 11.6. The molecule has 11 heavy (non-hydrogen) atoms. The molecular weight excluding hydrogens is 175 g/mol. The molecule has 7 heteroatoms. The van der Waals surface area contributed by atoms with Crippen molar-refractivity contribution >= 4 is 5.97 Å². The van der Waals surface area contributed by atoms with Gasteiger partial charge in [-0.3, -0.25) is 0 Å². The molecule has 0 aromatic carbocycles. The van der Waals surface area contributed by atoms with Gasteiger partial charge in [-0.25, -0.2) is 18.5 Å². The first-order valence-corrected chi connectivity index (χ1v) is 2.14. The summed E-state index contributed by atoms with van der Waals surface area (Å²) in [5.41, 5.74) is 0. The summed E-state index contributed by atoms with van der Waals surface area (Å²) in [5.74, 6) is -10.4. The van der Waals surface area contributed by atoms with E-state index < -0.39 is 24.0 Å². The van der Waals surface area contributed by atoms with Crippen LogP contribution in [-0.2, 0) is 9.74 Å². The fourth-order valence-corrected chi connectivity index (χ4v) is 0.214. The first-order valence-electron chi connectivity index (χ1n) is 2.14. The van der Waals surface area contributed by atoms with Gasteiger partial charge in [0.15, 0.2) is 0 Å². The molecule has 0 aliphatic carbocycles. The number of hydrogen-bond acceptors (Lipinski definition) is 2. The van der Waals surface area contributed by atoms with E-state index in [1.165, 1.54) is 0 Å². The van der Waals surface area contributed by atoms with Crippen LogP contribution in [0.15, 0.2) is 12.2 Å². The van der Waals surface area contributed by atoms with Crippen molar-refractivity contribution in [1.29, 1.82) is 0 Å². The highest BCUT2D eigenvalue weighted by Crippen LogP contribution is 2.26. The van der Waals surface area contributed by atoms with Crippen LogP contribution < -0.4 is 0 Å². The Balaban J connectivity index is 4.58. The van der Waals surface area contributed by atoms with Crippen LogP contribution >= 0.6 is 0 Å². The van der Waals surface area contributed by atoms with Gasteiger partial charge in [0, 0.05) is 4.53 Å². The molecule has 0 spiro atoms. The molecule has 0 aromatic heterocycles. The Morgan fingerprint density at radius 2 is 1.91 bits per heavy atom. The van der Waals surface area contributed by atoms with E-state index in [0.29, 0.717) is 0 Å². The van der Waals surface area contributed by atoms with Gasteiger partial charge >= 0.3 is 11.9 Å². The van der Waals surface area contributed by atoms with Crippen molar-refractivity contribution < 1.29 is 31.8 Å². The van der Waals surface area contributed by atoms with Crippen molar-refractivity contribution in [2.75, 3.05) is 0 Å². The van der Waals surface area contributed by atoms with E-state index in [1.807, 2.05) is 4.94 Å². The second-order valence-corrected chi connectivity index (χ2v) is 1.40. The summed E-state index contributed by atoms with van der Waals surface area (Å²) in [6, 6.07) is 0. The molecule has 0 bridgehead atoms. The lowest BCUT2D eigenvalue weighted by atomic mass is 10.3. The molecule has 0 amide bonds. The number of carbonyl (C=O) groups excluding carboxylic acids is 1. The highest BCUT2D eigenvalue weighted by molar-refractivity contribution is 5.80. The molecule has 0 aliphatic heterocycles. The van der Waals surface area contributed by atoms with Crippen LogP contribution in [0.5, 0.6) is 0 Å². The van der Waals surface area contributed by atoms with Gasteiger partial charge in [-0.05, 0) is 0 Å². The Morgan fingerprint density at radius 3 is 2.18 bits per heavy atom. The molecule has 0 saturated heterocycles. The van der Waals surface area contributed by atoms with Gasteiger partial charge in [-0.1, -0.05) is 0 Å². The fourth-order valence-electron chi connectivity index (χ4n) is 0.214. The van der Waals surface area contributed by atoms with Crippen LogP contribution in [0.2, 0.25) is 0 Å². The maximum atomic E-state index is 11.8. The van der Waals surface area contributed by atoms with E-state index in [-0.39, 0.29) is 0 Å². The second-order valence-electron chi connectivity index (χ2n) is 1.40. The zero-order chi connectivity index (χ0) is 9.07. The van der Waals surface area contributed by atoms with Crippen LogP contribution in [0.1, 0.15) is 0 Å². The average Bonchev–Trinajstić information content (AvgIpc) is 2.01. The zero-order valence-electron chi connectivity index (χ0n) is 4.78. The second kappa shape index (κ2) is 3.31. The minimum atomic E-state index is -4.90. The predicted octanol–water partition coefficient (Wildman–Crippen LogP) is 1.83. The number of halogens is 5. The van der Waals surface area contributed by atoms with E-state index >= 15 is 0 Å². The molecule has 0 aliphatic rings. The van der Waals surface area contributed by atoms with Crippen LogP contribution in [0, 0.1) is 0 Å². The first kappa shape index (κ1) is 9.86. The number of rotatable bonds is 2. The highest BCUT2D eigenvalue weighted by atomic mass is 19.3. The van der Waals surface area contributed by atoms with Gasteiger partial charge < -0.3 is 0 Å². The van der Waals surface area contributed by atoms with Crippen LogP contribution in [0.3, 0.4) is 0 Å². The maximum Gasteiger partial charge on any atom is 0.425 e. The molecule has 0 saturated carbocycles. The summed E-state index contributed by atoms with van der Waals surface area (Å²) in [7, 11) is 0. The van der Waals surface area contributed by atoms with Crippen molar-refractivity contribution in [1.82, 2.24) is 0 Å². The van der Waals surface area contributed by atoms with Gasteiger partial charge in [0.25, 0.3) is 0 Å². The third kappa shape index (κ3) is 1.89. The molecule has 0 radical (unpaired) electrons. The van der Waals surface area contributed by atoms with Crippen LogP contribution in [-0.4, -0.2) is 11.9 Å². The fraction of sp³-hybridized carbons (Fsp3) is 0.250. The van der Waals surface area contributed by atoms with E-state index in [1.54, 1.807) is 0 Å². The third-order valence-corrected chi connectivity index (χ3v) is 0.722. The number of carbonyl (C=O) groups is 1. The van der Waals surface area contributed by atoms with E-state index in [4.69, 9.17) is 0 Å². The summed E-state index contributed by atoms with van der Waals surface area (Å²) >= 11 is 0. The lowest BCUT2D eigenvalue weighted by molar-refractivity contribution is -0.208. The monoisotopic (exact) mass is 176 g/mol. The largest absolute Gasteiger partial charge is 0.425 e. The van der Waals surface area contributed by atoms with Crippen molar-refractivity contribution in [3.05, 3.63) is 12.2 Å². The molecule has 0 heterocycles. The maximum absolute atomic E-state index is 11.8. The molecule has 0 N–H and O–H groups in total. The summed E-state index contributed by atoms with van der Waals surface area (Å²) in [5, 5.41) is 0. The molecule has 0 fully saturated rings. The highest BCUT2D eigenvalue weighted by Gasteiger charge is 2.47. The average molecular weight is 176 g/mol. The third-order valence-electron chi connectivity index (χ3n) is 0.722. The molecular formula is C4HF5O2. The zero-order valence-corrected chi connectivity index (χ0v) is 4.78. The molecule has 0 atom stereocenters. The van der Waals surface area contributed by atoms with Crippen LogP contribution in [0.25, 0.3) is 0 Å². The Kier molecular flexibility index (Phi) is 2.97. The van der Waals surface area contributed by atoms with Crippen molar-refractivity contribution in [2.45, 2.75) is 5.92 Å². The Labute approximate surface area is 57.1 Å². The Morgan fingerprint density at radius 1 is 1.45 bits per heavy atom. The van der Waals surface area contributed by atoms with Crippen molar-refractivity contribution in [2.24, 2.45) is 0 Å². The van der Waals surface area contributed by atoms with E-state index in [0.717, 1.165) is 0 Å². The minimum Gasteiger partial charge on any atom is -0.247 e. The lowest BCUT2D eigenvalue weighted by Crippen LogP contribution is -2.29. The number of hydrogen-bond donors (Lipinski definition) is 0.